The Morgan fingerprint density at radius 2 is 1.52 bits per heavy atom. The maximum absolute atomic E-state index is 12.4. The van der Waals surface area contributed by atoms with Crippen molar-refractivity contribution in [1.82, 2.24) is 5.32 Å². The van der Waals surface area contributed by atoms with Crippen molar-refractivity contribution in [3.05, 3.63) is 71.3 Å². The van der Waals surface area contributed by atoms with E-state index >= 15 is 0 Å². The first kappa shape index (κ1) is 18.4. The number of nitrogens with one attached hydrogen (secondary N) is 1. The van der Waals surface area contributed by atoms with Gasteiger partial charge in [0.1, 0.15) is 0 Å². The Kier molecular flexibility index (Phi) is 6.03. The summed E-state index contributed by atoms with van der Waals surface area (Å²) < 4.78 is 0. The van der Waals surface area contributed by atoms with Crippen LogP contribution in [0.5, 0.6) is 0 Å². The Hall–Kier alpha value is -1.93. The van der Waals surface area contributed by atoms with E-state index in [0.717, 1.165) is 17.2 Å². The van der Waals surface area contributed by atoms with E-state index in [1.165, 1.54) is 56.9 Å². The molecule has 0 heterocycles. The fourth-order valence-electron chi connectivity index (χ4n) is 4.47. The number of hydrogen-bond acceptors (Lipinski definition) is 2. The second kappa shape index (κ2) is 8.84. The third kappa shape index (κ3) is 5.07. The van der Waals surface area contributed by atoms with Gasteiger partial charge in [-0.1, -0.05) is 86.7 Å². The second-order valence-electron chi connectivity index (χ2n) is 8.36. The van der Waals surface area contributed by atoms with E-state index in [4.69, 9.17) is 0 Å². The lowest BCUT2D eigenvalue weighted by atomic mass is 9.96. The normalized spacial score (nSPS) is 23.4. The maximum Gasteiger partial charge on any atom is 0.167 e. The minimum absolute atomic E-state index is 0.193. The first-order chi connectivity index (χ1) is 13.3. The Balaban J connectivity index is 1.29. The van der Waals surface area contributed by atoms with Gasteiger partial charge in [0, 0.05) is 30.0 Å². The summed E-state index contributed by atoms with van der Waals surface area (Å²) in [6.45, 7) is 0. The largest absolute Gasteiger partial charge is 0.311 e. The third-order valence-corrected chi connectivity index (χ3v) is 6.21. The Morgan fingerprint density at radius 1 is 0.852 bits per heavy atom. The molecule has 142 valence electrons. The van der Waals surface area contributed by atoms with Crippen molar-refractivity contribution in [1.29, 1.82) is 0 Å². The first-order valence-corrected chi connectivity index (χ1v) is 10.7. The highest BCUT2D eigenvalue weighted by Crippen LogP contribution is 2.41. The van der Waals surface area contributed by atoms with Gasteiger partial charge in [-0.25, -0.2) is 0 Å². The number of hydrogen-bond donors (Lipinski definition) is 1. The summed E-state index contributed by atoms with van der Waals surface area (Å²) in [6.07, 6.45) is 11.5. The van der Waals surface area contributed by atoms with E-state index in [1.54, 1.807) is 0 Å². The third-order valence-electron chi connectivity index (χ3n) is 6.21. The lowest BCUT2D eigenvalue weighted by Gasteiger charge is -2.21. The van der Waals surface area contributed by atoms with Gasteiger partial charge in [-0.15, -0.1) is 0 Å². The summed E-state index contributed by atoms with van der Waals surface area (Å²) in [5.41, 5.74) is 3.33. The van der Waals surface area contributed by atoms with E-state index in [2.05, 4.69) is 29.6 Å². The van der Waals surface area contributed by atoms with Crippen LogP contribution in [0.3, 0.4) is 0 Å². The summed E-state index contributed by atoms with van der Waals surface area (Å²) in [5, 5.41) is 3.92. The fraction of sp³-hybridized carbons (Fsp3) is 0.480. The molecule has 0 aliphatic heterocycles. The molecule has 0 bridgehead atoms. The zero-order valence-electron chi connectivity index (χ0n) is 16.2. The van der Waals surface area contributed by atoms with E-state index < -0.39 is 0 Å². The van der Waals surface area contributed by atoms with Crippen LogP contribution in [0.15, 0.2) is 54.6 Å². The van der Waals surface area contributed by atoms with Crippen LogP contribution in [-0.4, -0.2) is 17.9 Å². The highest BCUT2D eigenvalue weighted by Gasteiger charge is 2.39. The van der Waals surface area contributed by atoms with Gasteiger partial charge >= 0.3 is 0 Å². The lowest BCUT2D eigenvalue weighted by molar-refractivity contribution is 0.0993. The molecule has 0 amide bonds. The zero-order chi connectivity index (χ0) is 18.5. The summed E-state index contributed by atoms with van der Waals surface area (Å²) in [6, 6.07) is 19.7. The molecule has 0 aromatic heterocycles. The second-order valence-corrected chi connectivity index (χ2v) is 8.36. The number of rotatable bonds is 6. The van der Waals surface area contributed by atoms with Gasteiger partial charge in [0.05, 0.1) is 0 Å². The van der Waals surface area contributed by atoms with Crippen molar-refractivity contribution in [2.24, 2.45) is 0 Å². The van der Waals surface area contributed by atoms with Crippen molar-refractivity contribution in [3.8, 4) is 0 Å². The molecule has 2 nitrogen and oxygen atoms in total. The van der Waals surface area contributed by atoms with Crippen LogP contribution in [0.1, 0.15) is 78.8 Å². The Morgan fingerprint density at radius 3 is 2.22 bits per heavy atom. The van der Waals surface area contributed by atoms with E-state index in [9.17, 15) is 4.79 Å². The molecule has 1 N–H and O–H groups in total. The Labute approximate surface area is 163 Å². The van der Waals surface area contributed by atoms with Crippen molar-refractivity contribution in [2.45, 2.75) is 75.8 Å². The average Bonchev–Trinajstić information content (AvgIpc) is 3.44. The number of benzene rings is 2. The molecule has 2 heteroatoms. The van der Waals surface area contributed by atoms with Gasteiger partial charge in [0.25, 0.3) is 0 Å². The van der Waals surface area contributed by atoms with Crippen LogP contribution in [0.2, 0.25) is 0 Å². The first-order valence-electron chi connectivity index (χ1n) is 10.7. The predicted octanol–water partition coefficient (Wildman–Crippen LogP) is 5.67. The molecule has 27 heavy (non-hydrogen) atoms. The summed E-state index contributed by atoms with van der Waals surface area (Å²) >= 11 is 0. The van der Waals surface area contributed by atoms with E-state index in [-0.39, 0.29) is 5.78 Å². The van der Waals surface area contributed by atoms with Crippen LogP contribution in [0.25, 0.3) is 0 Å². The van der Waals surface area contributed by atoms with Gasteiger partial charge < -0.3 is 5.32 Å². The van der Waals surface area contributed by atoms with Crippen LogP contribution in [0.4, 0.5) is 0 Å². The zero-order valence-corrected chi connectivity index (χ0v) is 16.2. The maximum atomic E-state index is 12.4. The quantitative estimate of drug-likeness (QED) is 0.672. The van der Waals surface area contributed by atoms with Crippen LogP contribution in [0, 0.1) is 0 Å². The summed E-state index contributed by atoms with van der Waals surface area (Å²) in [7, 11) is 0. The molecule has 2 aliphatic carbocycles. The molecule has 2 fully saturated rings. The molecule has 2 aliphatic rings. The van der Waals surface area contributed by atoms with Gasteiger partial charge in [-0.2, -0.15) is 0 Å². The summed E-state index contributed by atoms with van der Waals surface area (Å²) in [5.74, 6) is 0.855. The van der Waals surface area contributed by atoms with Gasteiger partial charge in [0.2, 0.25) is 0 Å². The van der Waals surface area contributed by atoms with Gasteiger partial charge in [-0.05, 0) is 30.4 Å². The van der Waals surface area contributed by atoms with Crippen molar-refractivity contribution in [3.63, 3.8) is 0 Å². The van der Waals surface area contributed by atoms with Crippen molar-refractivity contribution >= 4 is 5.78 Å². The molecule has 0 radical (unpaired) electrons. The van der Waals surface area contributed by atoms with E-state index in [1.807, 2.05) is 30.3 Å². The Bertz CT molecular complexity index is 729. The highest BCUT2D eigenvalue weighted by molar-refractivity contribution is 5.97. The van der Waals surface area contributed by atoms with Gasteiger partial charge in [-0.3, -0.25) is 4.79 Å². The molecule has 2 unspecified atom stereocenters. The molecule has 2 saturated carbocycles. The predicted molar refractivity (Wildman–Crippen MR) is 111 cm³/mol. The van der Waals surface area contributed by atoms with Crippen molar-refractivity contribution in [2.75, 3.05) is 0 Å². The number of carbonyl (C=O) groups excluding carboxylic acids is 1. The number of ketones is 1. The molecular formula is C25H31NO. The molecule has 2 aromatic carbocycles. The lowest BCUT2D eigenvalue weighted by Crippen LogP contribution is -2.32. The molecule has 2 atom stereocenters. The van der Waals surface area contributed by atoms with Gasteiger partial charge in [0.15, 0.2) is 5.78 Å². The molecule has 0 saturated heterocycles. The van der Waals surface area contributed by atoms with Crippen LogP contribution < -0.4 is 5.32 Å². The minimum Gasteiger partial charge on any atom is -0.311 e. The molecule has 0 spiro atoms. The monoisotopic (exact) mass is 361 g/mol. The van der Waals surface area contributed by atoms with Crippen LogP contribution in [-0.2, 0) is 6.42 Å². The van der Waals surface area contributed by atoms with Crippen LogP contribution >= 0.6 is 0 Å². The molecule has 4 rings (SSSR count). The van der Waals surface area contributed by atoms with Crippen molar-refractivity contribution < 1.29 is 4.79 Å². The molecule has 2 aromatic rings. The topological polar surface area (TPSA) is 29.1 Å². The fourth-order valence-corrected chi connectivity index (χ4v) is 4.47. The standard InChI is InChI=1S/C25H31NO/c27-25(21-9-5-4-6-10-21)17-19-13-15-20(16-14-19)23-18-24(23)26-22-11-7-2-1-3-8-12-22/h4-6,9-10,13-16,22-24,26H,1-3,7-8,11-12,17-18H2. The number of carbonyl (C=O) groups is 1. The van der Waals surface area contributed by atoms with E-state index in [0.29, 0.717) is 18.4 Å². The SMILES string of the molecule is O=C(Cc1ccc(C2CC2NC2CCCCCCC2)cc1)c1ccccc1. The highest BCUT2D eigenvalue weighted by atomic mass is 16.1. The number of Topliss-reactive ketones (excluding diaryl/α,β-unsaturated/α-hetero) is 1. The summed E-state index contributed by atoms with van der Waals surface area (Å²) in [4.78, 5) is 12.4. The smallest absolute Gasteiger partial charge is 0.167 e. The average molecular weight is 362 g/mol. The molecular weight excluding hydrogens is 330 g/mol. The minimum atomic E-state index is 0.193.